The van der Waals surface area contributed by atoms with Crippen LogP contribution in [0.4, 0.5) is 0 Å². The molecule has 0 unspecified atom stereocenters. The number of halogens is 2. The number of methoxy groups -OCH3 is 1. The van der Waals surface area contributed by atoms with E-state index in [9.17, 15) is 4.79 Å². The van der Waals surface area contributed by atoms with Crippen LogP contribution in [-0.4, -0.2) is 23.0 Å². The van der Waals surface area contributed by atoms with Crippen molar-refractivity contribution >= 4 is 33.5 Å². The van der Waals surface area contributed by atoms with Gasteiger partial charge in [-0.15, -0.1) is 0 Å². The van der Waals surface area contributed by atoms with Gasteiger partial charge in [-0.05, 0) is 12.1 Å². The number of hydrogen-bond donors (Lipinski definition) is 0. The van der Waals surface area contributed by atoms with Crippen LogP contribution in [0.15, 0.2) is 34.8 Å². The van der Waals surface area contributed by atoms with Gasteiger partial charge in [-0.3, -0.25) is 0 Å². The van der Waals surface area contributed by atoms with E-state index < -0.39 is 5.97 Å². The van der Waals surface area contributed by atoms with Gasteiger partial charge in [0.15, 0.2) is 11.5 Å². The Morgan fingerprint density at radius 3 is 2.78 bits per heavy atom. The van der Waals surface area contributed by atoms with Crippen LogP contribution in [0, 0.1) is 0 Å². The zero-order valence-corrected chi connectivity index (χ0v) is 11.7. The monoisotopic (exact) mass is 326 g/mol. The second-order valence-electron chi connectivity index (χ2n) is 3.40. The average molecular weight is 328 g/mol. The number of esters is 1. The standard InChI is InChI=1S/C12H8BrClN2O2/c1-18-12(17)9-6-10(14)16-11(15-9)7-3-2-4-8(13)5-7/h2-6H,1H3. The summed E-state index contributed by atoms with van der Waals surface area (Å²) in [6.07, 6.45) is 0. The molecule has 2 aromatic rings. The van der Waals surface area contributed by atoms with Crippen molar-refractivity contribution in [3.8, 4) is 11.4 Å². The molecule has 18 heavy (non-hydrogen) atoms. The second kappa shape index (κ2) is 5.46. The minimum absolute atomic E-state index is 0.132. The highest BCUT2D eigenvalue weighted by molar-refractivity contribution is 9.10. The molecule has 1 heterocycles. The molecule has 0 spiro atoms. The number of carbonyl (C=O) groups is 1. The fourth-order valence-electron chi connectivity index (χ4n) is 1.38. The van der Waals surface area contributed by atoms with Gasteiger partial charge in [-0.2, -0.15) is 0 Å². The zero-order chi connectivity index (χ0) is 13.1. The van der Waals surface area contributed by atoms with Crippen molar-refractivity contribution < 1.29 is 9.53 Å². The van der Waals surface area contributed by atoms with Crippen molar-refractivity contribution in [1.82, 2.24) is 9.97 Å². The Labute approximate surface area is 117 Å². The van der Waals surface area contributed by atoms with E-state index in [-0.39, 0.29) is 10.8 Å². The van der Waals surface area contributed by atoms with Gasteiger partial charge in [-0.25, -0.2) is 14.8 Å². The molecule has 2 rings (SSSR count). The van der Waals surface area contributed by atoms with Crippen LogP contribution in [0.1, 0.15) is 10.5 Å². The highest BCUT2D eigenvalue weighted by Gasteiger charge is 2.12. The quantitative estimate of drug-likeness (QED) is 0.627. The minimum atomic E-state index is -0.546. The molecule has 0 saturated heterocycles. The highest BCUT2D eigenvalue weighted by atomic mass is 79.9. The first-order valence-electron chi connectivity index (χ1n) is 4.99. The van der Waals surface area contributed by atoms with E-state index in [1.54, 1.807) is 0 Å². The van der Waals surface area contributed by atoms with Crippen LogP contribution in [0.5, 0.6) is 0 Å². The number of rotatable bonds is 2. The number of hydrogen-bond acceptors (Lipinski definition) is 4. The van der Waals surface area contributed by atoms with E-state index in [1.165, 1.54) is 13.2 Å². The predicted octanol–water partition coefficient (Wildman–Crippen LogP) is 3.35. The van der Waals surface area contributed by atoms with Gasteiger partial charge in [0.2, 0.25) is 0 Å². The molecule has 0 radical (unpaired) electrons. The Balaban J connectivity index is 2.51. The maximum Gasteiger partial charge on any atom is 0.356 e. The summed E-state index contributed by atoms with van der Waals surface area (Å²) in [5.74, 6) is -0.167. The summed E-state index contributed by atoms with van der Waals surface area (Å²) >= 11 is 9.23. The van der Waals surface area contributed by atoms with Gasteiger partial charge in [0.05, 0.1) is 7.11 Å². The lowest BCUT2D eigenvalue weighted by molar-refractivity contribution is 0.0594. The molecule has 1 aromatic heterocycles. The van der Waals surface area contributed by atoms with Crippen LogP contribution in [0.3, 0.4) is 0 Å². The fourth-order valence-corrected chi connectivity index (χ4v) is 1.97. The van der Waals surface area contributed by atoms with Gasteiger partial charge < -0.3 is 4.74 Å². The molecule has 0 fully saturated rings. The lowest BCUT2D eigenvalue weighted by atomic mass is 10.2. The van der Waals surface area contributed by atoms with E-state index in [0.717, 1.165) is 10.0 Å². The zero-order valence-electron chi connectivity index (χ0n) is 9.35. The summed E-state index contributed by atoms with van der Waals surface area (Å²) in [6.45, 7) is 0. The lowest BCUT2D eigenvalue weighted by Crippen LogP contribution is -2.06. The third-order valence-corrected chi connectivity index (χ3v) is 2.86. The third kappa shape index (κ3) is 2.86. The topological polar surface area (TPSA) is 52.1 Å². The SMILES string of the molecule is COC(=O)c1cc(Cl)nc(-c2cccc(Br)c2)n1. The molecule has 0 bridgehead atoms. The van der Waals surface area contributed by atoms with Crippen molar-refractivity contribution in [2.45, 2.75) is 0 Å². The summed E-state index contributed by atoms with van der Waals surface area (Å²) in [4.78, 5) is 19.6. The molecule has 0 aliphatic heterocycles. The maximum atomic E-state index is 11.4. The van der Waals surface area contributed by atoms with E-state index >= 15 is 0 Å². The van der Waals surface area contributed by atoms with Crippen molar-refractivity contribution in [3.05, 3.63) is 45.7 Å². The summed E-state index contributed by atoms with van der Waals surface area (Å²) in [5.41, 5.74) is 0.893. The van der Waals surface area contributed by atoms with Crippen molar-refractivity contribution in [1.29, 1.82) is 0 Å². The first-order chi connectivity index (χ1) is 8.60. The van der Waals surface area contributed by atoms with Gasteiger partial charge in [0.1, 0.15) is 5.15 Å². The maximum absolute atomic E-state index is 11.4. The Morgan fingerprint density at radius 2 is 2.11 bits per heavy atom. The largest absolute Gasteiger partial charge is 0.464 e. The molecule has 4 nitrogen and oxygen atoms in total. The molecule has 1 aromatic carbocycles. The van der Waals surface area contributed by atoms with Crippen LogP contribution in [-0.2, 0) is 4.74 Å². The molecule has 0 N–H and O–H groups in total. The molecule has 0 amide bonds. The minimum Gasteiger partial charge on any atom is -0.464 e. The van der Waals surface area contributed by atoms with E-state index in [1.807, 2.05) is 24.3 Å². The Kier molecular flexibility index (Phi) is 3.93. The summed E-state index contributed by atoms with van der Waals surface area (Å²) in [6, 6.07) is 8.77. The first kappa shape index (κ1) is 13.0. The Bertz CT molecular complexity index is 604. The molecule has 0 aliphatic carbocycles. The van der Waals surface area contributed by atoms with Gasteiger partial charge in [0.25, 0.3) is 0 Å². The van der Waals surface area contributed by atoms with E-state index in [2.05, 4.69) is 30.6 Å². The number of benzene rings is 1. The summed E-state index contributed by atoms with van der Waals surface area (Å²) in [5, 5.41) is 0.195. The molecule has 0 aliphatic rings. The normalized spacial score (nSPS) is 10.2. The van der Waals surface area contributed by atoms with E-state index in [4.69, 9.17) is 11.6 Å². The van der Waals surface area contributed by atoms with Gasteiger partial charge in [-0.1, -0.05) is 39.7 Å². The first-order valence-corrected chi connectivity index (χ1v) is 6.16. The van der Waals surface area contributed by atoms with Crippen LogP contribution in [0.25, 0.3) is 11.4 Å². The van der Waals surface area contributed by atoms with Gasteiger partial charge >= 0.3 is 5.97 Å². The molecule has 92 valence electrons. The molecule has 6 heteroatoms. The second-order valence-corrected chi connectivity index (χ2v) is 4.70. The van der Waals surface area contributed by atoms with E-state index in [0.29, 0.717) is 5.82 Å². The van der Waals surface area contributed by atoms with Gasteiger partial charge in [0, 0.05) is 16.1 Å². The number of aromatic nitrogens is 2. The Hall–Kier alpha value is -1.46. The molecule has 0 atom stereocenters. The highest BCUT2D eigenvalue weighted by Crippen LogP contribution is 2.21. The summed E-state index contributed by atoms with van der Waals surface area (Å²) < 4.78 is 5.50. The average Bonchev–Trinajstić information content (AvgIpc) is 2.37. The molecule has 0 saturated carbocycles. The smallest absolute Gasteiger partial charge is 0.356 e. The number of nitrogens with zero attached hydrogens (tertiary/aromatic N) is 2. The van der Waals surface area contributed by atoms with Crippen LogP contribution >= 0.6 is 27.5 Å². The summed E-state index contributed by atoms with van der Waals surface area (Å²) in [7, 11) is 1.29. The van der Waals surface area contributed by atoms with Crippen LogP contribution < -0.4 is 0 Å². The molecular formula is C12H8BrClN2O2. The Morgan fingerprint density at radius 1 is 1.33 bits per heavy atom. The number of carbonyl (C=O) groups excluding carboxylic acids is 1. The third-order valence-electron chi connectivity index (χ3n) is 2.17. The van der Waals surface area contributed by atoms with Crippen LogP contribution in [0.2, 0.25) is 5.15 Å². The van der Waals surface area contributed by atoms with Crippen molar-refractivity contribution in [3.63, 3.8) is 0 Å². The number of ether oxygens (including phenoxy) is 1. The predicted molar refractivity (Wildman–Crippen MR) is 71.5 cm³/mol. The molecular weight excluding hydrogens is 320 g/mol. The lowest BCUT2D eigenvalue weighted by Gasteiger charge is -2.04. The van der Waals surface area contributed by atoms with Crippen molar-refractivity contribution in [2.75, 3.05) is 7.11 Å². The van der Waals surface area contributed by atoms with Crippen molar-refractivity contribution in [2.24, 2.45) is 0 Å². The fraction of sp³-hybridized carbons (Fsp3) is 0.0833.